The fraction of sp³-hybridized carbons (Fsp3) is 0.0625. The minimum Gasteiger partial charge on any atom is -0.366 e. The van der Waals surface area contributed by atoms with Crippen LogP contribution in [0.3, 0.4) is 0 Å². The van der Waals surface area contributed by atoms with Gasteiger partial charge in [0.15, 0.2) is 0 Å². The smallest absolute Gasteiger partial charge is 0.142 e. The fourth-order valence-corrected chi connectivity index (χ4v) is 2.08. The summed E-state index contributed by atoms with van der Waals surface area (Å²) >= 11 is 0. The van der Waals surface area contributed by atoms with Gasteiger partial charge in [0.1, 0.15) is 17.6 Å². The third-order valence-corrected chi connectivity index (χ3v) is 3.07. The summed E-state index contributed by atoms with van der Waals surface area (Å²) in [6.45, 7) is 0.609. The summed E-state index contributed by atoms with van der Waals surface area (Å²) < 4.78 is 1.83. The second kappa shape index (κ2) is 5.88. The van der Waals surface area contributed by atoms with Gasteiger partial charge in [0.25, 0.3) is 0 Å². The van der Waals surface area contributed by atoms with Gasteiger partial charge in [-0.1, -0.05) is 24.3 Å². The Labute approximate surface area is 122 Å². The van der Waals surface area contributed by atoms with Gasteiger partial charge >= 0.3 is 0 Å². The van der Waals surface area contributed by atoms with Gasteiger partial charge in [0, 0.05) is 18.9 Å². The van der Waals surface area contributed by atoms with Crippen LogP contribution < -0.4 is 5.32 Å². The van der Waals surface area contributed by atoms with E-state index in [1.807, 2.05) is 59.4 Å². The molecule has 102 valence electrons. The van der Waals surface area contributed by atoms with E-state index in [2.05, 4.69) is 15.4 Å². The van der Waals surface area contributed by atoms with Crippen molar-refractivity contribution in [2.45, 2.75) is 6.54 Å². The third kappa shape index (κ3) is 2.90. The van der Waals surface area contributed by atoms with Gasteiger partial charge in [0.2, 0.25) is 0 Å². The van der Waals surface area contributed by atoms with E-state index in [-0.39, 0.29) is 0 Å². The van der Waals surface area contributed by atoms with Crippen molar-refractivity contribution in [3.63, 3.8) is 0 Å². The van der Waals surface area contributed by atoms with E-state index in [1.165, 1.54) is 0 Å². The molecular formula is C16H13N5. The van der Waals surface area contributed by atoms with Gasteiger partial charge in [-0.05, 0) is 29.8 Å². The second-order valence-corrected chi connectivity index (χ2v) is 4.45. The number of hydrogen-bond acceptors (Lipinski definition) is 4. The van der Waals surface area contributed by atoms with E-state index in [0.717, 1.165) is 11.3 Å². The number of benzene rings is 1. The highest BCUT2D eigenvalue weighted by Crippen LogP contribution is 2.15. The molecule has 3 rings (SSSR count). The number of nitrogens with zero attached hydrogens (tertiary/aromatic N) is 4. The van der Waals surface area contributed by atoms with Crippen molar-refractivity contribution < 1.29 is 0 Å². The van der Waals surface area contributed by atoms with Crippen molar-refractivity contribution in [3.8, 4) is 11.8 Å². The SMILES string of the molecule is N#Cc1cccc(NCc2ccccc2-n2cccn2)n1. The maximum Gasteiger partial charge on any atom is 0.142 e. The van der Waals surface area contributed by atoms with Crippen LogP contribution in [-0.4, -0.2) is 14.8 Å². The van der Waals surface area contributed by atoms with E-state index < -0.39 is 0 Å². The Hall–Kier alpha value is -3.13. The number of nitrogens with one attached hydrogen (secondary N) is 1. The number of hydrogen-bond donors (Lipinski definition) is 1. The molecule has 21 heavy (non-hydrogen) atoms. The zero-order valence-corrected chi connectivity index (χ0v) is 11.3. The molecule has 0 radical (unpaired) electrons. The first-order valence-corrected chi connectivity index (χ1v) is 6.56. The first kappa shape index (κ1) is 12.9. The van der Waals surface area contributed by atoms with E-state index >= 15 is 0 Å². The number of nitriles is 1. The summed E-state index contributed by atoms with van der Waals surface area (Å²) in [5, 5.41) is 16.4. The molecule has 1 N–H and O–H groups in total. The van der Waals surface area contributed by atoms with Gasteiger partial charge in [-0.3, -0.25) is 0 Å². The molecule has 1 aromatic carbocycles. The third-order valence-electron chi connectivity index (χ3n) is 3.07. The Morgan fingerprint density at radius 3 is 2.81 bits per heavy atom. The first-order chi connectivity index (χ1) is 10.4. The molecule has 0 unspecified atom stereocenters. The first-order valence-electron chi connectivity index (χ1n) is 6.56. The van der Waals surface area contributed by atoms with Crippen LogP contribution >= 0.6 is 0 Å². The van der Waals surface area contributed by atoms with Crippen molar-refractivity contribution in [1.82, 2.24) is 14.8 Å². The number of para-hydroxylation sites is 1. The molecule has 0 spiro atoms. The van der Waals surface area contributed by atoms with Gasteiger partial charge < -0.3 is 5.32 Å². The molecule has 5 nitrogen and oxygen atoms in total. The molecule has 2 heterocycles. The average molecular weight is 275 g/mol. The highest BCUT2D eigenvalue weighted by molar-refractivity contribution is 5.44. The van der Waals surface area contributed by atoms with Crippen molar-refractivity contribution in [1.29, 1.82) is 5.26 Å². The van der Waals surface area contributed by atoms with Crippen molar-refractivity contribution >= 4 is 5.82 Å². The summed E-state index contributed by atoms with van der Waals surface area (Å²) in [6, 6.07) is 17.3. The Balaban J connectivity index is 1.81. The molecule has 0 amide bonds. The molecule has 0 atom stereocenters. The normalized spacial score (nSPS) is 10.0. The Bertz CT molecular complexity index is 771. The molecule has 0 aliphatic heterocycles. The average Bonchev–Trinajstić information content (AvgIpc) is 3.08. The molecular weight excluding hydrogens is 262 g/mol. The van der Waals surface area contributed by atoms with Crippen LogP contribution in [0.2, 0.25) is 0 Å². The van der Waals surface area contributed by atoms with E-state index in [1.54, 1.807) is 12.3 Å². The zero-order chi connectivity index (χ0) is 14.5. The van der Waals surface area contributed by atoms with Gasteiger partial charge in [-0.15, -0.1) is 0 Å². The number of rotatable bonds is 4. The lowest BCUT2D eigenvalue weighted by atomic mass is 10.2. The van der Waals surface area contributed by atoms with Crippen molar-refractivity contribution in [3.05, 3.63) is 72.2 Å². The van der Waals surface area contributed by atoms with E-state index in [4.69, 9.17) is 5.26 Å². The minimum absolute atomic E-state index is 0.403. The van der Waals surface area contributed by atoms with Crippen LogP contribution in [-0.2, 0) is 6.54 Å². The summed E-state index contributed by atoms with van der Waals surface area (Å²) in [5.74, 6) is 0.685. The van der Waals surface area contributed by atoms with Gasteiger partial charge in [-0.2, -0.15) is 10.4 Å². The van der Waals surface area contributed by atoms with Crippen molar-refractivity contribution in [2.24, 2.45) is 0 Å². The molecule has 3 aromatic rings. The fourth-order valence-electron chi connectivity index (χ4n) is 2.08. The topological polar surface area (TPSA) is 66.5 Å². The van der Waals surface area contributed by atoms with Crippen LogP contribution in [0, 0.1) is 11.3 Å². The lowest BCUT2D eigenvalue weighted by Crippen LogP contribution is -2.06. The van der Waals surface area contributed by atoms with Crippen LogP contribution in [0.1, 0.15) is 11.3 Å². The lowest BCUT2D eigenvalue weighted by molar-refractivity contribution is 0.863. The number of anilines is 1. The summed E-state index contributed by atoms with van der Waals surface area (Å²) in [6.07, 6.45) is 3.66. The molecule has 0 fully saturated rings. The summed E-state index contributed by atoms with van der Waals surface area (Å²) in [4.78, 5) is 4.20. The highest BCUT2D eigenvalue weighted by atomic mass is 15.3. The second-order valence-electron chi connectivity index (χ2n) is 4.45. The predicted molar refractivity (Wildman–Crippen MR) is 79.8 cm³/mol. The summed E-state index contributed by atoms with van der Waals surface area (Å²) in [5.41, 5.74) is 2.53. The largest absolute Gasteiger partial charge is 0.366 e. The monoisotopic (exact) mass is 275 g/mol. The van der Waals surface area contributed by atoms with Gasteiger partial charge in [0.05, 0.1) is 5.69 Å². The molecule has 0 bridgehead atoms. The maximum atomic E-state index is 8.86. The molecule has 5 heteroatoms. The van der Waals surface area contributed by atoms with E-state index in [9.17, 15) is 0 Å². The van der Waals surface area contributed by atoms with Crippen LogP contribution in [0.25, 0.3) is 5.69 Å². The summed E-state index contributed by atoms with van der Waals surface area (Å²) in [7, 11) is 0. The molecule has 0 saturated heterocycles. The zero-order valence-electron chi connectivity index (χ0n) is 11.3. The van der Waals surface area contributed by atoms with E-state index in [0.29, 0.717) is 18.1 Å². The predicted octanol–water partition coefficient (Wildman–Crippen LogP) is 2.75. The van der Waals surface area contributed by atoms with Crippen LogP contribution in [0.4, 0.5) is 5.82 Å². The van der Waals surface area contributed by atoms with Gasteiger partial charge in [-0.25, -0.2) is 9.67 Å². The molecule has 0 saturated carbocycles. The Morgan fingerprint density at radius 1 is 1.10 bits per heavy atom. The quantitative estimate of drug-likeness (QED) is 0.795. The van der Waals surface area contributed by atoms with Crippen molar-refractivity contribution in [2.75, 3.05) is 5.32 Å². The highest BCUT2D eigenvalue weighted by Gasteiger charge is 2.04. The standard InChI is InChI=1S/C16H13N5/c17-11-14-6-3-8-16(20-14)18-12-13-5-1-2-7-15(13)21-10-4-9-19-21/h1-10H,12H2,(H,18,20). The molecule has 2 aromatic heterocycles. The molecule has 0 aliphatic carbocycles. The number of aromatic nitrogens is 3. The number of pyridine rings is 1. The maximum absolute atomic E-state index is 8.86. The minimum atomic E-state index is 0.403. The van der Waals surface area contributed by atoms with Crippen LogP contribution in [0.5, 0.6) is 0 Å². The Kier molecular flexibility index (Phi) is 3.61. The van der Waals surface area contributed by atoms with Crippen LogP contribution in [0.15, 0.2) is 60.9 Å². The lowest BCUT2D eigenvalue weighted by Gasteiger charge is -2.11. The molecule has 0 aliphatic rings. The Morgan fingerprint density at radius 2 is 2.00 bits per heavy atom.